The number of nitrogens with two attached hydrogens (primary N) is 1. The number of hydrogen-bond donors (Lipinski definition) is 1. The lowest BCUT2D eigenvalue weighted by molar-refractivity contribution is -0.137. The summed E-state index contributed by atoms with van der Waals surface area (Å²) in [6.07, 6.45) is -2.73. The van der Waals surface area contributed by atoms with Crippen LogP contribution in [0.4, 0.5) is 18.9 Å². The second kappa shape index (κ2) is 4.77. The van der Waals surface area contributed by atoms with Gasteiger partial charge in [0.15, 0.2) is 0 Å². The van der Waals surface area contributed by atoms with E-state index in [0.29, 0.717) is 5.56 Å². The number of hydrogen-bond acceptors (Lipinski definition) is 2. The van der Waals surface area contributed by atoms with Gasteiger partial charge in [-0.1, -0.05) is 24.3 Å². The zero-order valence-corrected chi connectivity index (χ0v) is 10.9. The van der Waals surface area contributed by atoms with Crippen LogP contribution < -0.4 is 5.73 Å². The molecule has 106 valence electrons. The molecule has 0 unspecified atom stereocenters. The number of alkyl halides is 3. The Morgan fingerprint density at radius 2 is 1.71 bits per heavy atom. The second-order valence-electron chi connectivity index (χ2n) is 4.68. The topological polar surface area (TPSA) is 38.9 Å². The van der Waals surface area contributed by atoms with Crippen molar-refractivity contribution in [3.05, 3.63) is 60.3 Å². The average molecular weight is 288 g/mol. The number of anilines is 1. The van der Waals surface area contributed by atoms with Crippen LogP contribution in [0.25, 0.3) is 22.0 Å². The third-order valence-corrected chi connectivity index (χ3v) is 3.31. The van der Waals surface area contributed by atoms with Gasteiger partial charge in [-0.05, 0) is 29.8 Å². The molecule has 0 radical (unpaired) electrons. The van der Waals surface area contributed by atoms with Gasteiger partial charge in [0.25, 0.3) is 0 Å². The highest BCUT2D eigenvalue weighted by molar-refractivity contribution is 5.97. The van der Waals surface area contributed by atoms with Crippen LogP contribution in [0, 0.1) is 0 Å². The van der Waals surface area contributed by atoms with Crippen LogP contribution in [-0.4, -0.2) is 4.98 Å². The van der Waals surface area contributed by atoms with Crippen molar-refractivity contribution in [3.8, 4) is 11.1 Å². The summed E-state index contributed by atoms with van der Waals surface area (Å²) in [6, 6.07) is 12.5. The van der Waals surface area contributed by atoms with E-state index in [1.54, 1.807) is 12.3 Å². The maximum absolute atomic E-state index is 12.7. The highest BCUT2D eigenvalue weighted by atomic mass is 19.4. The smallest absolute Gasteiger partial charge is 0.398 e. The molecule has 3 rings (SSSR count). The minimum absolute atomic E-state index is 0.0983. The average Bonchev–Trinajstić information content (AvgIpc) is 2.46. The molecule has 2 N–H and O–H groups in total. The van der Waals surface area contributed by atoms with Gasteiger partial charge >= 0.3 is 6.18 Å². The van der Waals surface area contributed by atoms with Crippen molar-refractivity contribution in [2.45, 2.75) is 6.18 Å². The predicted octanol–water partition coefficient (Wildman–Crippen LogP) is 4.50. The number of fused-ring (bicyclic) bond motifs is 1. The lowest BCUT2D eigenvalue weighted by Crippen LogP contribution is -2.06. The minimum atomic E-state index is -4.40. The standard InChI is InChI=1S/C16H11F3N2/c17-16(18,19)10-6-7-12(14(20)9-10)11-3-1-5-15-13(11)4-2-8-21-15/h1-9H,20H2. The van der Waals surface area contributed by atoms with Crippen LogP contribution in [-0.2, 0) is 6.18 Å². The number of aromatic nitrogens is 1. The van der Waals surface area contributed by atoms with Gasteiger partial charge in [-0.3, -0.25) is 4.98 Å². The number of pyridine rings is 1. The van der Waals surface area contributed by atoms with Gasteiger partial charge in [-0.15, -0.1) is 0 Å². The maximum Gasteiger partial charge on any atom is 0.416 e. The van der Waals surface area contributed by atoms with Crippen molar-refractivity contribution in [1.82, 2.24) is 4.98 Å². The molecule has 0 saturated heterocycles. The zero-order chi connectivity index (χ0) is 15.0. The van der Waals surface area contributed by atoms with Crippen molar-refractivity contribution in [2.24, 2.45) is 0 Å². The van der Waals surface area contributed by atoms with E-state index >= 15 is 0 Å². The summed E-state index contributed by atoms with van der Waals surface area (Å²) in [4.78, 5) is 4.23. The molecule has 0 aliphatic rings. The molecule has 2 aromatic carbocycles. The fraction of sp³-hybridized carbons (Fsp3) is 0.0625. The largest absolute Gasteiger partial charge is 0.416 e. The van der Waals surface area contributed by atoms with Crippen molar-refractivity contribution >= 4 is 16.6 Å². The fourth-order valence-corrected chi connectivity index (χ4v) is 2.32. The molecular weight excluding hydrogens is 277 g/mol. The van der Waals surface area contributed by atoms with Crippen LogP contribution in [0.3, 0.4) is 0 Å². The van der Waals surface area contributed by atoms with Crippen molar-refractivity contribution in [1.29, 1.82) is 0 Å². The summed E-state index contributed by atoms with van der Waals surface area (Å²) >= 11 is 0. The fourth-order valence-electron chi connectivity index (χ4n) is 2.32. The first-order valence-corrected chi connectivity index (χ1v) is 6.27. The summed E-state index contributed by atoms with van der Waals surface area (Å²) < 4.78 is 38.1. The Morgan fingerprint density at radius 3 is 2.43 bits per heavy atom. The van der Waals surface area contributed by atoms with Gasteiger partial charge in [-0.2, -0.15) is 13.2 Å². The quantitative estimate of drug-likeness (QED) is 0.669. The van der Waals surface area contributed by atoms with Crippen LogP contribution in [0.15, 0.2) is 54.7 Å². The Morgan fingerprint density at radius 1 is 0.905 bits per heavy atom. The highest BCUT2D eigenvalue weighted by Gasteiger charge is 2.30. The molecule has 2 nitrogen and oxygen atoms in total. The lowest BCUT2D eigenvalue weighted by Gasteiger charge is -2.12. The third kappa shape index (κ3) is 2.42. The Kier molecular flexibility index (Phi) is 3.05. The van der Waals surface area contributed by atoms with E-state index in [-0.39, 0.29) is 5.69 Å². The maximum atomic E-state index is 12.7. The normalized spacial score (nSPS) is 11.8. The minimum Gasteiger partial charge on any atom is -0.398 e. The molecule has 21 heavy (non-hydrogen) atoms. The molecule has 0 bridgehead atoms. The van der Waals surface area contributed by atoms with Crippen molar-refractivity contribution in [3.63, 3.8) is 0 Å². The number of halogens is 3. The van der Waals surface area contributed by atoms with Crippen LogP contribution >= 0.6 is 0 Å². The number of rotatable bonds is 1. The Hall–Kier alpha value is -2.56. The van der Waals surface area contributed by atoms with Gasteiger partial charge in [0.2, 0.25) is 0 Å². The first kappa shape index (κ1) is 13.4. The molecule has 0 saturated carbocycles. The SMILES string of the molecule is Nc1cc(C(F)(F)F)ccc1-c1cccc2ncccc12. The van der Waals surface area contributed by atoms with E-state index in [4.69, 9.17) is 5.73 Å². The molecule has 5 heteroatoms. The Balaban J connectivity index is 2.20. The summed E-state index contributed by atoms with van der Waals surface area (Å²) in [5.74, 6) is 0. The first-order valence-electron chi connectivity index (χ1n) is 6.27. The van der Waals surface area contributed by atoms with E-state index < -0.39 is 11.7 Å². The molecule has 0 fully saturated rings. The molecule has 0 atom stereocenters. The first-order chi connectivity index (χ1) is 9.97. The Labute approximate surface area is 119 Å². The van der Waals surface area contributed by atoms with E-state index in [0.717, 1.165) is 28.6 Å². The van der Waals surface area contributed by atoms with E-state index in [2.05, 4.69) is 4.98 Å². The number of nitrogen functional groups attached to an aromatic ring is 1. The zero-order valence-electron chi connectivity index (χ0n) is 10.9. The summed E-state index contributed by atoms with van der Waals surface area (Å²) in [5, 5.41) is 0.853. The van der Waals surface area contributed by atoms with Crippen molar-refractivity contribution in [2.75, 3.05) is 5.73 Å². The van der Waals surface area contributed by atoms with E-state index in [1.165, 1.54) is 6.07 Å². The van der Waals surface area contributed by atoms with E-state index in [9.17, 15) is 13.2 Å². The number of benzene rings is 2. The van der Waals surface area contributed by atoms with Crippen LogP contribution in [0.1, 0.15) is 5.56 Å². The summed E-state index contributed by atoms with van der Waals surface area (Å²) in [5.41, 5.74) is 7.28. The van der Waals surface area contributed by atoms with Gasteiger partial charge in [0, 0.05) is 22.8 Å². The lowest BCUT2D eigenvalue weighted by atomic mass is 9.98. The molecule has 0 aliphatic heterocycles. The van der Waals surface area contributed by atoms with Gasteiger partial charge in [-0.25, -0.2) is 0 Å². The third-order valence-electron chi connectivity index (χ3n) is 3.31. The van der Waals surface area contributed by atoms with Gasteiger partial charge in [0.05, 0.1) is 11.1 Å². The summed E-state index contributed by atoms with van der Waals surface area (Å²) in [7, 11) is 0. The van der Waals surface area contributed by atoms with Gasteiger partial charge in [0.1, 0.15) is 0 Å². The van der Waals surface area contributed by atoms with Gasteiger partial charge < -0.3 is 5.73 Å². The highest BCUT2D eigenvalue weighted by Crippen LogP contribution is 2.36. The van der Waals surface area contributed by atoms with Crippen molar-refractivity contribution < 1.29 is 13.2 Å². The van der Waals surface area contributed by atoms with Crippen LogP contribution in [0.5, 0.6) is 0 Å². The molecule has 1 heterocycles. The van der Waals surface area contributed by atoms with E-state index in [1.807, 2.05) is 24.3 Å². The molecule has 0 amide bonds. The second-order valence-corrected chi connectivity index (χ2v) is 4.68. The monoisotopic (exact) mass is 288 g/mol. The summed E-state index contributed by atoms with van der Waals surface area (Å²) in [6.45, 7) is 0. The molecular formula is C16H11F3N2. The molecule has 1 aromatic heterocycles. The molecule has 0 aliphatic carbocycles. The Bertz CT molecular complexity index is 805. The number of nitrogens with zero attached hydrogens (tertiary/aromatic N) is 1. The molecule has 0 spiro atoms. The van der Waals surface area contributed by atoms with Crippen LogP contribution in [0.2, 0.25) is 0 Å². The predicted molar refractivity (Wildman–Crippen MR) is 76.6 cm³/mol. The molecule has 3 aromatic rings.